The third kappa shape index (κ3) is 4.53. The number of anilines is 1. The van der Waals surface area contributed by atoms with Crippen LogP contribution in [0.5, 0.6) is 5.75 Å². The van der Waals surface area contributed by atoms with E-state index in [-0.39, 0.29) is 24.8 Å². The largest absolute Gasteiger partial charge is 0.480 e. The van der Waals surface area contributed by atoms with E-state index in [1.54, 1.807) is 32.0 Å². The van der Waals surface area contributed by atoms with Crippen molar-refractivity contribution in [3.05, 3.63) is 24.3 Å². The van der Waals surface area contributed by atoms with Crippen LogP contribution in [0, 0.1) is 5.92 Å². The number of benzene rings is 1. The van der Waals surface area contributed by atoms with Gasteiger partial charge in [0.05, 0.1) is 5.69 Å². The molecule has 0 fully saturated rings. The van der Waals surface area contributed by atoms with E-state index in [9.17, 15) is 19.5 Å². The molecule has 0 radical (unpaired) electrons. The van der Waals surface area contributed by atoms with E-state index in [4.69, 9.17) is 4.74 Å². The molecule has 0 spiro atoms. The summed E-state index contributed by atoms with van der Waals surface area (Å²) in [6.45, 7) is 7.31. The fourth-order valence-electron chi connectivity index (χ4n) is 2.91. The van der Waals surface area contributed by atoms with E-state index in [0.29, 0.717) is 17.9 Å². The molecule has 0 aromatic heterocycles. The minimum Gasteiger partial charge on any atom is -0.480 e. The summed E-state index contributed by atoms with van der Waals surface area (Å²) in [6.07, 6.45) is 0.367. The quantitative estimate of drug-likeness (QED) is 0.775. The zero-order chi connectivity index (χ0) is 19.5. The molecule has 1 aliphatic rings. The number of rotatable bonds is 7. The minimum atomic E-state index is -1.05. The lowest BCUT2D eigenvalue weighted by molar-refractivity contribution is -0.142. The Kier molecular flexibility index (Phi) is 5.90. The fourth-order valence-corrected chi connectivity index (χ4v) is 2.91. The number of nitrogens with zero attached hydrogens (tertiary/aromatic N) is 1. The molecular weight excluding hydrogens is 336 g/mol. The van der Waals surface area contributed by atoms with Crippen LogP contribution in [0.1, 0.15) is 40.5 Å². The smallest absolute Gasteiger partial charge is 0.326 e. The fraction of sp³-hybridized carbons (Fsp3) is 0.526. The third-order valence-electron chi connectivity index (χ3n) is 4.18. The lowest BCUT2D eigenvalue weighted by Crippen LogP contribution is -2.53. The summed E-state index contributed by atoms with van der Waals surface area (Å²) in [6, 6.07) is 6.23. The van der Waals surface area contributed by atoms with Crippen LogP contribution in [-0.4, -0.2) is 41.1 Å². The van der Waals surface area contributed by atoms with Gasteiger partial charge in [-0.05, 0) is 38.3 Å². The van der Waals surface area contributed by atoms with Crippen molar-refractivity contribution in [2.75, 3.05) is 11.4 Å². The predicted molar refractivity (Wildman–Crippen MR) is 97.1 cm³/mol. The Balaban J connectivity index is 2.07. The molecule has 142 valence electrons. The molecule has 1 aromatic rings. The van der Waals surface area contributed by atoms with Crippen LogP contribution in [-0.2, 0) is 14.4 Å². The number of fused-ring (bicyclic) bond motifs is 1. The number of hydrogen-bond acceptors (Lipinski definition) is 4. The highest BCUT2D eigenvalue weighted by Gasteiger charge is 2.40. The Hall–Kier alpha value is -2.57. The predicted octanol–water partition coefficient (Wildman–Crippen LogP) is 2.20. The second-order valence-corrected chi connectivity index (χ2v) is 7.37. The summed E-state index contributed by atoms with van der Waals surface area (Å²) in [4.78, 5) is 37.7. The van der Waals surface area contributed by atoms with Gasteiger partial charge in [-0.15, -0.1) is 0 Å². The summed E-state index contributed by atoms with van der Waals surface area (Å²) in [5.74, 6) is -0.958. The monoisotopic (exact) mass is 362 g/mol. The number of aliphatic carboxylic acids is 1. The van der Waals surface area contributed by atoms with Gasteiger partial charge in [0.2, 0.25) is 5.91 Å². The summed E-state index contributed by atoms with van der Waals surface area (Å²) in [5.41, 5.74) is -0.409. The Morgan fingerprint density at radius 1 is 1.27 bits per heavy atom. The maximum Gasteiger partial charge on any atom is 0.326 e. The summed E-state index contributed by atoms with van der Waals surface area (Å²) in [5, 5.41) is 11.8. The molecule has 1 aliphatic heterocycles. The molecule has 7 heteroatoms. The van der Waals surface area contributed by atoms with Crippen molar-refractivity contribution in [2.45, 2.75) is 52.2 Å². The molecule has 26 heavy (non-hydrogen) atoms. The Morgan fingerprint density at radius 3 is 2.54 bits per heavy atom. The van der Waals surface area contributed by atoms with Crippen LogP contribution in [0.2, 0.25) is 0 Å². The Morgan fingerprint density at radius 2 is 1.92 bits per heavy atom. The highest BCUT2D eigenvalue weighted by Crippen LogP contribution is 2.37. The van der Waals surface area contributed by atoms with Gasteiger partial charge in [-0.2, -0.15) is 0 Å². The van der Waals surface area contributed by atoms with Crippen molar-refractivity contribution < 1.29 is 24.2 Å². The number of ether oxygens (including phenoxy) is 1. The maximum atomic E-state index is 12.7. The molecule has 1 heterocycles. The van der Waals surface area contributed by atoms with Crippen molar-refractivity contribution in [1.82, 2.24) is 5.32 Å². The topological polar surface area (TPSA) is 95.9 Å². The van der Waals surface area contributed by atoms with Gasteiger partial charge in [-0.1, -0.05) is 26.0 Å². The number of carbonyl (C=O) groups is 3. The van der Waals surface area contributed by atoms with Gasteiger partial charge in [0.25, 0.3) is 5.91 Å². The molecular formula is C19H26N2O5. The summed E-state index contributed by atoms with van der Waals surface area (Å²) in [7, 11) is 0. The zero-order valence-corrected chi connectivity index (χ0v) is 15.6. The lowest BCUT2D eigenvalue weighted by Gasteiger charge is -2.38. The number of carbonyl (C=O) groups excluding carboxylic acids is 2. The number of carboxylic acid groups (broad SMARTS) is 1. The van der Waals surface area contributed by atoms with Crippen LogP contribution < -0.4 is 15.0 Å². The van der Waals surface area contributed by atoms with Gasteiger partial charge < -0.3 is 20.1 Å². The first kappa shape index (κ1) is 19.8. The van der Waals surface area contributed by atoms with E-state index < -0.39 is 23.5 Å². The van der Waals surface area contributed by atoms with Crippen molar-refractivity contribution in [3.63, 3.8) is 0 Å². The third-order valence-corrected chi connectivity index (χ3v) is 4.18. The van der Waals surface area contributed by atoms with E-state index in [1.807, 2.05) is 19.9 Å². The van der Waals surface area contributed by atoms with Crippen molar-refractivity contribution in [2.24, 2.45) is 5.92 Å². The van der Waals surface area contributed by atoms with Gasteiger partial charge in [-0.25, -0.2) is 4.79 Å². The second kappa shape index (κ2) is 7.76. The van der Waals surface area contributed by atoms with Crippen LogP contribution in [0.25, 0.3) is 0 Å². The van der Waals surface area contributed by atoms with Gasteiger partial charge in [-0.3, -0.25) is 9.59 Å². The zero-order valence-electron chi connectivity index (χ0n) is 15.6. The number of para-hydroxylation sites is 2. The summed E-state index contributed by atoms with van der Waals surface area (Å²) >= 11 is 0. The Bertz CT molecular complexity index is 699. The Labute approximate surface area is 153 Å². The molecule has 2 rings (SSSR count). The van der Waals surface area contributed by atoms with Crippen molar-refractivity contribution in [3.8, 4) is 5.75 Å². The normalized spacial score (nSPS) is 16.7. The van der Waals surface area contributed by atoms with Gasteiger partial charge in [0.1, 0.15) is 11.8 Å². The first-order valence-electron chi connectivity index (χ1n) is 8.74. The van der Waals surface area contributed by atoms with Crippen molar-refractivity contribution >= 4 is 23.5 Å². The van der Waals surface area contributed by atoms with E-state index in [1.165, 1.54) is 4.90 Å². The SMILES string of the molecule is CC(C)CC(NC(=O)CCN1C(=O)C(C)(C)Oc2ccccc21)C(=O)O. The van der Waals surface area contributed by atoms with E-state index in [0.717, 1.165) is 0 Å². The number of amides is 2. The number of hydrogen-bond donors (Lipinski definition) is 2. The molecule has 0 saturated carbocycles. The van der Waals surface area contributed by atoms with Gasteiger partial charge in [0, 0.05) is 13.0 Å². The highest BCUT2D eigenvalue weighted by molar-refractivity contribution is 6.02. The van der Waals surface area contributed by atoms with Crippen LogP contribution in [0.15, 0.2) is 24.3 Å². The van der Waals surface area contributed by atoms with Gasteiger partial charge >= 0.3 is 5.97 Å². The highest BCUT2D eigenvalue weighted by atomic mass is 16.5. The molecule has 1 atom stereocenters. The molecule has 1 unspecified atom stereocenters. The first-order valence-corrected chi connectivity index (χ1v) is 8.74. The van der Waals surface area contributed by atoms with Crippen LogP contribution in [0.3, 0.4) is 0 Å². The molecule has 0 saturated heterocycles. The average Bonchev–Trinajstić information content (AvgIpc) is 2.54. The molecule has 2 N–H and O–H groups in total. The van der Waals surface area contributed by atoms with E-state index >= 15 is 0 Å². The molecule has 1 aromatic carbocycles. The van der Waals surface area contributed by atoms with Crippen LogP contribution >= 0.6 is 0 Å². The maximum absolute atomic E-state index is 12.7. The lowest BCUT2D eigenvalue weighted by atomic mass is 10.0. The van der Waals surface area contributed by atoms with Gasteiger partial charge in [0.15, 0.2) is 5.60 Å². The van der Waals surface area contributed by atoms with E-state index in [2.05, 4.69) is 5.32 Å². The second-order valence-electron chi connectivity index (χ2n) is 7.37. The minimum absolute atomic E-state index is 0.0119. The molecule has 2 amide bonds. The number of nitrogens with one attached hydrogen (secondary N) is 1. The molecule has 0 bridgehead atoms. The molecule has 0 aliphatic carbocycles. The molecule has 7 nitrogen and oxygen atoms in total. The summed E-state index contributed by atoms with van der Waals surface area (Å²) < 4.78 is 5.74. The first-order chi connectivity index (χ1) is 12.1. The number of carboxylic acids is 1. The van der Waals surface area contributed by atoms with Crippen molar-refractivity contribution in [1.29, 1.82) is 0 Å². The standard InChI is InChI=1S/C19H26N2O5/c1-12(2)11-13(17(23)24)20-16(22)9-10-21-14-7-5-6-8-15(14)26-19(3,4)18(21)25/h5-8,12-13H,9-11H2,1-4H3,(H,20,22)(H,23,24). The average molecular weight is 362 g/mol. The van der Waals surface area contributed by atoms with Crippen LogP contribution in [0.4, 0.5) is 5.69 Å².